The van der Waals surface area contributed by atoms with Gasteiger partial charge in [0.25, 0.3) is 0 Å². The van der Waals surface area contributed by atoms with Crippen molar-refractivity contribution in [2.75, 3.05) is 0 Å². The highest BCUT2D eigenvalue weighted by Gasteiger charge is 2.08. The van der Waals surface area contributed by atoms with E-state index in [1.54, 1.807) is 12.1 Å². The molecule has 0 bridgehead atoms. The number of hydrogen-bond acceptors (Lipinski definition) is 2. The largest absolute Gasteiger partial charge is 0.481 e. The van der Waals surface area contributed by atoms with Gasteiger partial charge < -0.3 is 5.11 Å². The molecule has 0 aliphatic heterocycles. The molecule has 24 heavy (non-hydrogen) atoms. The molecule has 2 aromatic carbocycles. The molecule has 0 aromatic heterocycles. The summed E-state index contributed by atoms with van der Waals surface area (Å²) in [4.78, 5) is 22.4. The summed E-state index contributed by atoms with van der Waals surface area (Å²) in [5, 5.41) is 8.63. The van der Waals surface area contributed by atoms with Gasteiger partial charge in [-0.05, 0) is 42.4 Å². The molecule has 126 valence electrons. The van der Waals surface area contributed by atoms with Crippen LogP contribution >= 0.6 is 0 Å². The molecule has 3 nitrogen and oxygen atoms in total. The summed E-state index contributed by atoms with van der Waals surface area (Å²) in [6, 6.07) is 16.1. The molecule has 0 saturated heterocycles. The van der Waals surface area contributed by atoms with E-state index in [1.807, 2.05) is 12.1 Å². The number of hydrogen-bond donors (Lipinski definition) is 1. The Labute approximate surface area is 143 Å². The standard InChI is InChI=1S/C21H24O3/c1-2-17-7-3-4-8-18(17)9-5-6-16-10-12-19(13-11-16)20(22)14-15-21(23)24/h3-4,7-8,10-13H,2,5-6,9,14-15H2,1H3,(H,23,24). The second kappa shape index (κ2) is 9.02. The lowest BCUT2D eigenvalue weighted by molar-refractivity contribution is -0.136. The zero-order valence-corrected chi connectivity index (χ0v) is 14.1. The van der Waals surface area contributed by atoms with Crippen molar-refractivity contribution in [2.24, 2.45) is 0 Å². The topological polar surface area (TPSA) is 54.4 Å². The fourth-order valence-corrected chi connectivity index (χ4v) is 2.85. The molecule has 0 atom stereocenters. The molecule has 0 fully saturated rings. The Bertz CT molecular complexity index is 686. The molecule has 0 unspecified atom stereocenters. The number of carboxylic acids is 1. The Morgan fingerprint density at radius 1 is 0.875 bits per heavy atom. The van der Waals surface area contributed by atoms with Gasteiger partial charge in [0, 0.05) is 12.0 Å². The lowest BCUT2D eigenvalue weighted by atomic mass is 9.97. The van der Waals surface area contributed by atoms with Crippen molar-refractivity contribution in [3.8, 4) is 0 Å². The normalized spacial score (nSPS) is 10.5. The highest BCUT2D eigenvalue weighted by Crippen LogP contribution is 2.15. The van der Waals surface area contributed by atoms with Crippen LogP contribution in [0.15, 0.2) is 48.5 Å². The first-order valence-electron chi connectivity index (χ1n) is 8.51. The summed E-state index contributed by atoms with van der Waals surface area (Å²) in [7, 11) is 0. The number of rotatable bonds is 9. The molecule has 0 heterocycles. The van der Waals surface area contributed by atoms with Gasteiger partial charge in [-0.3, -0.25) is 9.59 Å². The van der Waals surface area contributed by atoms with Gasteiger partial charge in [-0.1, -0.05) is 55.5 Å². The van der Waals surface area contributed by atoms with Crippen LogP contribution in [0.5, 0.6) is 0 Å². The molecular weight excluding hydrogens is 300 g/mol. The van der Waals surface area contributed by atoms with Gasteiger partial charge in [0.2, 0.25) is 0 Å². The van der Waals surface area contributed by atoms with Gasteiger partial charge in [0.1, 0.15) is 0 Å². The number of aryl methyl sites for hydroxylation is 3. The van der Waals surface area contributed by atoms with Gasteiger partial charge in [-0.2, -0.15) is 0 Å². The second-order valence-corrected chi connectivity index (χ2v) is 5.99. The van der Waals surface area contributed by atoms with Crippen molar-refractivity contribution < 1.29 is 14.7 Å². The number of Topliss-reactive ketones (excluding diaryl/α,β-unsaturated/α-hetero) is 1. The summed E-state index contributed by atoms with van der Waals surface area (Å²) in [5.74, 6) is -1.05. The van der Waals surface area contributed by atoms with Crippen LogP contribution in [-0.4, -0.2) is 16.9 Å². The molecule has 0 amide bonds. The van der Waals surface area contributed by atoms with E-state index in [0.29, 0.717) is 5.56 Å². The van der Waals surface area contributed by atoms with Crippen LogP contribution in [0.4, 0.5) is 0 Å². The maximum Gasteiger partial charge on any atom is 0.303 e. The number of carboxylic acid groups (broad SMARTS) is 1. The van der Waals surface area contributed by atoms with E-state index >= 15 is 0 Å². The molecular formula is C21H24O3. The number of aliphatic carboxylic acids is 1. The minimum atomic E-state index is -0.938. The Morgan fingerprint density at radius 3 is 2.17 bits per heavy atom. The van der Waals surface area contributed by atoms with Crippen molar-refractivity contribution in [1.29, 1.82) is 0 Å². The van der Waals surface area contributed by atoms with E-state index in [-0.39, 0.29) is 18.6 Å². The number of carbonyl (C=O) groups is 2. The van der Waals surface area contributed by atoms with Crippen LogP contribution in [0.1, 0.15) is 53.2 Å². The molecule has 0 saturated carbocycles. The van der Waals surface area contributed by atoms with Gasteiger partial charge in [-0.15, -0.1) is 0 Å². The van der Waals surface area contributed by atoms with E-state index in [9.17, 15) is 9.59 Å². The smallest absolute Gasteiger partial charge is 0.303 e. The summed E-state index contributed by atoms with van der Waals surface area (Å²) < 4.78 is 0. The Morgan fingerprint density at radius 2 is 1.54 bits per heavy atom. The van der Waals surface area contributed by atoms with Crippen LogP contribution in [0.25, 0.3) is 0 Å². The van der Waals surface area contributed by atoms with E-state index in [1.165, 1.54) is 16.7 Å². The van der Waals surface area contributed by atoms with Gasteiger partial charge in [0.05, 0.1) is 6.42 Å². The third-order valence-corrected chi connectivity index (χ3v) is 4.25. The summed E-state index contributed by atoms with van der Waals surface area (Å²) >= 11 is 0. The second-order valence-electron chi connectivity index (χ2n) is 5.99. The molecule has 0 aliphatic carbocycles. The van der Waals surface area contributed by atoms with Gasteiger partial charge in [0.15, 0.2) is 5.78 Å². The quantitative estimate of drug-likeness (QED) is 0.692. The first-order valence-corrected chi connectivity index (χ1v) is 8.51. The highest BCUT2D eigenvalue weighted by molar-refractivity contribution is 5.97. The van der Waals surface area contributed by atoms with Crippen molar-refractivity contribution in [1.82, 2.24) is 0 Å². The molecule has 0 radical (unpaired) electrons. The molecule has 0 aliphatic rings. The maximum atomic E-state index is 11.9. The first-order chi connectivity index (χ1) is 11.6. The van der Waals surface area contributed by atoms with Crippen molar-refractivity contribution in [2.45, 2.75) is 45.4 Å². The Hall–Kier alpha value is -2.42. The predicted octanol–water partition coefficient (Wildman–Crippen LogP) is 4.47. The fraction of sp³-hybridized carbons (Fsp3) is 0.333. The third kappa shape index (κ3) is 5.34. The van der Waals surface area contributed by atoms with Crippen molar-refractivity contribution >= 4 is 11.8 Å². The maximum absolute atomic E-state index is 11.9. The molecule has 2 rings (SSSR count). The van der Waals surface area contributed by atoms with E-state index in [0.717, 1.165) is 25.7 Å². The van der Waals surface area contributed by atoms with E-state index in [2.05, 4.69) is 31.2 Å². The average Bonchev–Trinajstić information content (AvgIpc) is 2.60. The summed E-state index contributed by atoms with van der Waals surface area (Å²) in [6.45, 7) is 2.18. The zero-order valence-electron chi connectivity index (χ0n) is 14.1. The minimum Gasteiger partial charge on any atom is -0.481 e. The molecule has 3 heteroatoms. The number of ketones is 1. The van der Waals surface area contributed by atoms with Crippen LogP contribution in [0.2, 0.25) is 0 Å². The van der Waals surface area contributed by atoms with E-state index in [4.69, 9.17) is 5.11 Å². The fourth-order valence-electron chi connectivity index (χ4n) is 2.85. The van der Waals surface area contributed by atoms with Crippen molar-refractivity contribution in [3.05, 3.63) is 70.8 Å². The molecule has 1 N–H and O–H groups in total. The van der Waals surface area contributed by atoms with Crippen LogP contribution < -0.4 is 0 Å². The Kier molecular flexibility index (Phi) is 6.74. The Balaban J connectivity index is 1.85. The monoisotopic (exact) mass is 324 g/mol. The third-order valence-electron chi connectivity index (χ3n) is 4.25. The SMILES string of the molecule is CCc1ccccc1CCCc1ccc(C(=O)CCC(=O)O)cc1. The van der Waals surface area contributed by atoms with Crippen molar-refractivity contribution in [3.63, 3.8) is 0 Å². The van der Waals surface area contributed by atoms with Gasteiger partial charge in [-0.25, -0.2) is 0 Å². The zero-order chi connectivity index (χ0) is 17.4. The minimum absolute atomic E-state index is 0.0580. The van der Waals surface area contributed by atoms with Crippen LogP contribution in [0.3, 0.4) is 0 Å². The van der Waals surface area contributed by atoms with Crippen LogP contribution in [-0.2, 0) is 24.1 Å². The lowest BCUT2D eigenvalue weighted by Crippen LogP contribution is -2.04. The first kappa shape index (κ1) is 17.9. The highest BCUT2D eigenvalue weighted by atomic mass is 16.4. The van der Waals surface area contributed by atoms with Gasteiger partial charge >= 0.3 is 5.97 Å². The number of benzene rings is 2. The molecule has 0 spiro atoms. The van der Waals surface area contributed by atoms with E-state index < -0.39 is 5.97 Å². The average molecular weight is 324 g/mol. The van der Waals surface area contributed by atoms with Crippen LogP contribution in [0, 0.1) is 0 Å². The lowest BCUT2D eigenvalue weighted by Gasteiger charge is -2.08. The molecule has 2 aromatic rings. The summed E-state index contributed by atoms with van der Waals surface area (Å²) in [5.41, 5.74) is 4.63. The predicted molar refractivity (Wildman–Crippen MR) is 95.5 cm³/mol. The summed E-state index contributed by atoms with van der Waals surface area (Å²) in [6.07, 6.45) is 4.11. The number of carbonyl (C=O) groups excluding carboxylic acids is 1.